The third-order valence-electron chi connectivity index (χ3n) is 4.78. The van der Waals surface area contributed by atoms with E-state index in [0.29, 0.717) is 0 Å². The molecule has 2 aliphatic heterocycles. The highest BCUT2D eigenvalue weighted by molar-refractivity contribution is 14.1. The van der Waals surface area contributed by atoms with Crippen molar-refractivity contribution in [1.82, 2.24) is 4.90 Å². The number of benzene rings is 1. The van der Waals surface area contributed by atoms with Crippen molar-refractivity contribution >= 4 is 52.3 Å². The summed E-state index contributed by atoms with van der Waals surface area (Å²) < 4.78 is 20.8. The van der Waals surface area contributed by atoms with E-state index in [1.165, 1.54) is 19.1 Å². The van der Waals surface area contributed by atoms with Gasteiger partial charge in [0.15, 0.2) is 12.2 Å². The first kappa shape index (κ1) is 23.1. The van der Waals surface area contributed by atoms with Crippen molar-refractivity contribution in [2.75, 3.05) is 6.61 Å². The number of ether oxygens (including phenoxy) is 4. The van der Waals surface area contributed by atoms with Crippen molar-refractivity contribution in [3.05, 3.63) is 35.4 Å². The lowest BCUT2D eigenvalue weighted by atomic mass is 9.96. The Kier molecular flexibility index (Phi) is 6.94. The van der Waals surface area contributed by atoms with Gasteiger partial charge in [-0.15, -0.1) is 0 Å². The Balaban J connectivity index is 2.01. The number of hydrogen-bond acceptors (Lipinski definition) is 9. The minimum absolute atomic E-state index is 0.212. The van der Waals surface area contributed by atoms with Crippen molar-refractivity contribution in [2.45, 2.75) is 49.2 Å². The molecule has 1 aromatic rings. The fraction of sp³-hybridized carbons (Fsp3) is 0.450. The zero-order chi connectivity index (χ0) is 22.9. The van der Waals surface area contributed by atoms with Gasteiger partial charge >= 0.3 is 17.9 Å². The fourth-order valence-corrected chi connectivity index (χ4v) is 4.73. The molecule has 2 aliphatic rings. The molecule has 1 aromatic carbocycles. The van der Waals surface area contributed by atoms with Gasteiger partial charge < -0.3 is 18.9 Å². The molecule has 11 heteroatoms. The van der Waals surface area contributed by atoms with Crippen LogP contribution in [0.5, 0.6) is 0 Å². The molecular formula is C20H20INO9. The smallest absolute Gasteiger partial charge is 0.303 e. The topological polar surface area (TPSA) is 126 Å². The molecule has 10 nitrogen and oxygen atoms in total. The lowest BCUT2D eigenvalue weighted by molar-refractivity contribution is -0.214. The Morgan fingerprint density at radius 1 is 0.935 bits per heavy atom. The third kappa shape index (κ3) is 4.71. The molecule has 31 heavy (non-hydrogen) atoms. The molecule has 0 aromatic heterocycles. The van der Waals surface area contributed by atoms with Crippen LogP contribution in [-0.2, 0) is 33.3 Å². The molecule has 0 unspecified atom stereocenters. The lowest BCUT2D eigenvalue weighted by Crippen LogP contribution is -2.65. The van der Waals surface area contributed by atoms with Crippen LogP contribution in [-0.4, -0.2) is 69.7 Å². The summed E-state index contributed by atoms with van der Waals surface area (Å²) >= 11 is 1.87. The highest BCUT2D eigenvalue weighted by Gasteiger charge is 2.56. The molecule has 166 valence electrons. The zero-order valence-electron chi connectivity index (χ0n) is 16.9. The van der Waals surface area contributed by atoms with E-state index in [1.807, 2.05) is 22.6 Å². The van der Waals surface area contributed by atoms with E-state index in [-0.39, 0.29) is 17.7 Å². The zero-order valence-corrected chi connectivity index (χ0v) is 19.1. The van der Waals surface area contributed by atoms with Crippen LogP contribution in [0.4, 0.5) is 0 Å². The van der Waals surface area contributed by atoms with Gasteiger partial charge in [-0.2, -0.15) is 0 Å². The number of imide groups is 1. The molecule has 2 heterocycles. The van der Waals surface area contributed by atoms with Gasteiger partial charge in [0.2, 0.25) is 0 Å². The number of halogens is 1. The minimum Gasteiger partial charge on any atom is -0.463 e. The number of fused-ring (bicyclic) bond motifs is 1. The molecule has 1 fully saturated rings. The van der Waals surface area contributed by atoms with Crippen LogP contribution in [0.15, 0.2) is 24.3 Å². The van der Waals surface area contributed by atoms with Gasteiger partial charge in [0, 0.05) is 20.8 Å². The molecule has 0 aliphatic carbocycles. The van der Waals surface area contributed by atoms with Gasteiger partial charge in [-0.3, -0.25) is 28.9 Å². The normalized spacial score (nSPS) is 27.5. The van der Waals surface area contributed by atoms with Gasteiger partial charge in [-0.1, -0.05) is 12.1 Å². The third-order valence-corrected chi connectivity index (χ3v) is 5.81. The second-order valence-electron chi connectivity index (χ2n) is 6.99. The van der Waals surface area contributed by atoms with Crippen molar-refractivity contribution < 1.29 is 42.9 Å². The Bertz CT molecular complexity index is 898. The monoisotopic (exact) mass is 545 g/mol. The SMILES string of the molecule is CC(=O)OC[C@H]1O[C@@H](I)[C@H](N2C(=O)c3ccccc3C2=O)[C@@H](OC(C)=O)[C@@H]1OC(C)=O. The molecule has 0 spiro atoms. The summed E-state index contributed by atoms with van der Waals surface area (Å²) in [6.45, 7) is 3.24. The maximum Gasteiger partial charge on any atom is 0.303 e. The molecule has 1 saturated heterocycles. The first-order chi connectivity index (χ1) is 14.6. The van der Waals surface area contributed by atoms with Crippen molar-refractivity contribution in [2.24, 2.45) is 0 Å². The minimum atomic E-state index is -1.24. The largest absolute Gasteiger partial charge is 0.463 e. The first-order valence-electron chi connectivity index (χ1n) is 9.36. The van der Waals surface area contributed by atoms with Crippen molar-refractivity contribution in [1.29, 1.82) is 0 Å². The quantitative estimate of drug-likeness (QED) is 0.177. The van der Waals surface area contributed by atoms with Gasteiger partial charge in [0.1, 0.15) is 22.9 Å². The highest BCUT2D eigenvalue weighted by atomic mass is 127. The molecular weight excluding hydrogens is 525 g/mol. The lowest BCUT2D eigenvalue weighted by Gasteiger charge is -2.45. The van der Waals surface area contributed by atoms with Crippen LogP contribution >= 0.6 is 22.6 Å². The van der Waals surface area contributed by atoms with Crippen LogP contribution < -0.4 is 0 Å². The predicted octanol–water partition coefficient (Wildman–Crippen LogP) is 1.24. The van der Waals surface area contributed by atoms with Crippen LogP contribution in [0.2, 0.25) is 0 Å². The van der Waals surface area contributed by atoms with Crippen LogP contribution in [0, 0.1) is 0 Å². The number of hydrogen-bond donors (Lipinski definition) is 0. The average molecular weight is 545 g/mol. The summed E-state index contributed by atoms with van der Waals surface area (Å²) in [5.74, 6) is -3.14. The molecule has 0 bridgehead atoms. The van der Waals surface area contributed by atoms with Gasteiger partial charge in [-0.05, 0) is 34.7 Å². The number of esters is 3. The van der Waals surface area contributed by atoms with Crippen molar-refractivity contribution in [3.8, 4) is 0 Å². The summed E-state index contributed by atoms with van der Waals surface area (Å²) in [7, 11) is 0. The Hall–Kier alpha value is -2.54. The van der Waals surface area contributed by atoms with Crippen LogP contribution in [0.3, 0.4) is 0 Å². The summed E-state index contributed by atoms with van der Waals surface area (Å²) in [5, 5.41) is 0. The second kappa shape index (κ2) is 9.30. The van der Waals surface area contributed by atoms with Crippen LogP contribution in [0.25, 0.3) is 0 Å². The average Bonchev–Trinajstić information content (AvgIpc) is 2.93. The summed E-state index contributed by atoms with van der Waals surface area (Å²) in [4.78, 5) is 62.0. The molecule has 0 saturated carbocycles. The van der Waals surface area contributed by atoms with Gasteiger partial charge in [-0.25, -0.2) is 0 Å². The van der Waals surface area contributed by atoms with E-state index in [1.54, 1.807) is 12.1 Å². The molecule has 3 rings (SSSR count). The van der Waals surface area contributed by atoms with Gasteiger partial charge in [0.25, 0.3) is 11.8 Å². The predicted molar refractivity (Wildman–Crippen MR) is 111 cm³/mol. The summed E-state index contributed by atoms with van der Waals surface area (Å²) in [5.41, 5.74) is 0.424. The summed E-state index contributed by atoms with van der Waals surface area (Å²) in [6, 6.07) is 5.22. The maximum atomic E-state index is 13.0. The Morgan fingerprint density at radius 2 is 1.45 bits per heavy atom. The number of carbonyl (C=O) groups excluding carboxylic acids is 5. The van der Waals surface area contributed by atoms with E-state index >= 15 is 0 Å². The first-order valence-corrected chi connectivity index (χ1v) is 10.6. The number of alkyl halides is 1. The number of rotatable bonds is 5. The Morgan fingerprint density at radius 3 is 1.94 bits per heavy atom. The van der Waals surface area contributed by atoms with E-state index in [2.05, 4.69) is 0 Å². The van der Waals surface area contributed by atoms with E-state index in [0.717, 1.165) is 18.7 Å². The maximum absolute atomic E-state index is 13.0. The molecule has 5 atom stereocenters. The van der Waals surface area contributed by atoms with E-state index in [4.69, 9.17) is 18.9 Å². The number of nitrogens with zero attached hydrogens (tertiary/aromatic N) is 1. The Labute approximate surface area is 191 Å². The fourth-order valence-electron chi connectivity index (χ4n) is 3.62. The van der Waals surface area contributed by atoms with Gasteiger partial charge in [0.05, 0.1) is 11.1 Å². The van der Waals surface area contributed by atoms with Crippen LogP contribution in [0.1, 0.15) is 41.5 Å². The number of amides is 2. The molecule has 2 amide bonds. The highest BCUT2D eigenvalue weighted by Crippen LogP contribution is 2.37. The van der Waals surface area contributed by atoms with E-state index in [9.17, 15) is 24.0 Å². The van der Waals surface area contributed by atoms with E-state index < -0.39 is 58.2 Å². The summed E-state index contributed by atoms with van der Waals surface area (Å²) in [6.07, 6.45) is -3.44. The second-order valence-corrected chi connectivity index (χ2v) is 8.22. The van der Waals surface area contributed by atoms with Crippen molar-refractivity contribution in [3.63, 3.8) is 0 Å². The standard InChI is InChI=1S/C20H20INO9/c1-9(23)28-8-14-16(29-10(2)24)17(30-11(3)25)15(18(21)31-14)22-19(26)12-6-4-5-7-13(12)20(22)27/h4-7,14-18H,8H2,1-3H3/t14-,15-,16-,17-,18-/m1/s1. The molecule has 0 radical (unpaired) electrons. The molecule has 0 N–H and O–H groups in total. The number of carbonyl (C=O) groups is 5.